The molecule has 0 fully saturated rings. The van der Waals surface area contributed by atoms with Crippen LogP contribution in [0.3, 0.4) is 0 Å². The molecule has 0 aliphatic rings. The Hall–Kier alpha value is -2.34. The van der Waals surface area contributed by atoms with Gasteiger partial charge in [-0.1, -0.05) is 32.9 Å². The van der Waals surface area contributed by atoms with Gasteiger partial charge in [0.1, 0.15) is 5.75 Å². The van der Waals surface area contributed by atoms with Gasteiger partial charge in [-0.05, 0) is 36.2 Å². The third-order valence-corrected chi connectivity index (χ3v) is 4.78. The molecular weight excluding hydrogens is 336 g/mol. The second kappa shape index (κ2) is 7.70. The fraction of sp³-hybridized carbons (Fsp3) is 0.368. The minimum absolute atomic E-state index is 0.0721. The van der Waals surface area contributed by atoms with Crippen LogP contribution in [0.15, 0.2) is 30.3 Å². The van der Waals surface area contributed by atoms with Crippen LogP contribution in [0.2, 0.25) is 0 Å². The molecule has 2 N–H and O–H groups in total. The van der Waals surface area contributed by atoms with Crippen molar-refractivity contribution in [3.63, 3.8) is 0 Å². The molecule has 0 radical (unpaired) electrons. The smallest absolute Gasteiger partial charge is 0.261 e. The number of carbonyl (C=O) groups is 2. The van der Waals surface area contributed by atoms with E-state index >= 15 is 0 Å². The third-order valence-electron chi connectivity index (χ3n) is 3.63. The van der Waals surface area contributed by atoms with E-state index in [-0.39, 0.29) is 11.8 Å². The fourth-order valence-electron chi connectivity index (χ4n) is 2.11. The minimum Gasteiger partial charge on any atom is -0.497 e. The second-order valence-corrected chi connectivity index (χ2v) is 7.91. The first-order valence-corrected chi connectivity index (χ1v) is 8.85. The quantitative estimate of drug-likeness (QED) is 0.847. The van der Waals surface area contributed by atoms with Crippen molar-refractivity contribution in [3.8, 4) is 5.75 Å². The van der Waals surface area contributed by atoms with E-state index in [0.29, 0.717) is 16.4 Å². The number of rotatable bonds is 5. The van der Waals surface area contributed by atoms with Gasteiger partial charge >= 0.3 is 0 Å². The normalized spacial score (nSPS) is 11.1. The molecule has 25 heavy (non-hydrogen) atoms. The topological polar surface area (TPSA) is 67.4 Å². The number of carbonyl (C=O) groups excluding carboxylic acids is 2. The number of anilines is 1. The van der Waals surface area contributed by atoms with Crippen molar-refractivity contribution in [2.24, 2.45) is 5.41 Å². The van der Waals surface area contributed by atoms with E-state index in [1.165, 1.54) is 11.3 Å². The van der Waals surface area contributed by atoms with Crippen molar-refractivity contribution < 1.29 is 14.3 Å². The number of methoxy groups -OCH3 is 1. The Morgan fingerprint density at radius 2 is 1.92 bits per heavy atom. The van der Waals surface area contributed by atoms with Crippen LogP contribution in [-0.2, 0) is 11.3 Å². The van der Waals surface area contributed by atoms with Gasteiger partial charge < -0.3 is 15.4 Å². The molecule has 0 aliphatic carbocycles. The molecule has 5 nitrogen and oxygen atoms in total. The van der Waals surface area contributed by atoms with E-state index in [1.54, 1.807) is 7.11 Å². The van der Waals surface area contributed by atoms with E-state index in [0.717, 1.165) is 16.9 Å². The molecule has 2 rings (SSSR count). The van der Waals surface area contributed by atoms with Crippen LogP contribution >= 0.6 is 11.3 Å². The van der Waals surface area contributed by atoms with Gasteiger partial charge in [-0.25, -0.2) is 0 Å². The standard InChI is InChI=1S/C19H24N2O3S/c1-12-9-15(21-18(23)19(2,3)4)25-16(12)17(22)20-11-13-7-6-8-14(10-13)24-5/h6-10H,11H2,1-5H3,(H,20,22)(H,21,23). The third kappa shape index (κ3) is 5.06. The lowest BCUT2D eigenvalue weighted by Gasteiger charge is -2.16. The van der Waals surface area contributed by atoms with Crippen LogP contribution < -0.4 is 15.4 Å². The first kappa shape index (κ1) is 19.0. The summed E-state index contributed by atoms with van der Waals surface area (Å²) in [6, 6.07) is 9.39. The summed E-state index contributed by atoms with van der Waals surface area (Å²) in [6.07, 6.45) is 0. The summed E-state index contributed by atoms with van der Waals surface area (Å²) in [5.41, 5.74) is 1.33. The summed E-state index contributed by atoms with van der Waals surface area (Å²) >= 11 is 1.29. The Morgan fingerprint density at radius 1 is 1.20 bits per heavy atom. The van der Waals surface area contributed by atoms with Gasteiger partial charge in [0, 0.05) is 12.0 Å². The largest absolute Gasteiger partial charge is 0.497 e. The van der Waals surface area contributed by atoms with E-state index in [1.807, 2.05) is 58.0 Å². The first-order valence-electron chi connectivity index (χ1n) is 8.03. The molecule has 0 saturated carbocycles. The molecule has 0 unspecified atom stereocenters. The maximum absolute atomic E-state index is 12.4. The van der Waals surface area contributed by atoms with Crippen molar-refractivity contribution in [1.82, 2.24) is 5.32 Å². The number of amides is 2. The SMILES string of the molecule is COc1cccc(CNC(=O)c2sc(NC(=O)C(C)(C)C)cc2C)c1. The van der Waals surface area contributed by atoms with Gasteiger partial charge in [0.05, 0.1) is 17.0 Å². The van der Waals surface area contributed by atoms with Crippen molar-refractivity contribution in [2.45, 2.75) is 34.2 Å². The zero-order valence-corrected chi connectivity index (χ0v) is 16.0. The van der Waals surface area contributed by atoms with Gasteiger partial charge in [-0.2, -0.15) is 0 Å². The maximum atomic E-state index is 12.4. The zero-order valence-electron chi connectivity index (χ0n) is 15.2. The molecule has 0 aliphatic heterocycles. The number of hydrogen-bond donors (Lipinski definition) is 2. The van der Waals surface area contributed by atoms with E-state index < -0.39 is 5.41 Å². The molecule has 1 aromatic carbocycles. The van der Waals surface area contributed by atoms with Crippen LogP contribution in [0.5, 0.6) is 5.75 Å². The van der Waals surface area contributed by atoms with Crippen LogP contribution in [0.4, 0.5) is 5.00 Å². The van der Waals surface area contributed by atoms with Crippen molar-refractivity contribution >= 4 is 28.2 Å². The van der Waals surface area contributed by atoms with E-state index in [9.17, 15) is 9.59 Å². The molecule has 134 valence electrons. The van der Waals surface area contributed by atoms with E-state index in [4.69, 9.17) is 4.74 Å². The Morgan fingerprint density at radius 3 is 2.56 bits per heavy atom. The maximum Gasteiger partial charge on any atom is 0.261 e. The van der Waals surface area contributed by atoms with Gasteiger partial charge in [-0.3, -0.25) is 9.59 Å². The van der Waals surface area contributed by atoms with Gasteiger partial charge in [-0.15, -0.1) is 11.3 Å². The van der Waals surface area contributed by atoms with Crippen molar-refractivity contribution in [3.05, 3.63) is 46.3 Å². The second-order valence-electron chi connectivity index (χ2n) is 6.86. The monoisotopic (exact) mass is 360 g/mol. The molecule has 0 spiro atoms. The number of ether oxygens (including phenoxy) is 1. The lowest BCUT2D eigenvalue weighted by molar-refractivity contribution is -0.123. The minimum atomic E-state index is -0.479. The fourth-order valence-corrected chi connectivity index (χ4v) is 3.10. The summed E-state index contributed by atoms with van der Waals surface area (Å²) in [6.45, 7) is 7.83. The summed E-state index contributed by atoms with van der Waals surface area (Å²) in [7, 11) is 1.61. The van der Waals surface area contributed by atoms with Crippen LogP contribution in [-0.4, -0.2) is 18.9 Å². The molecule has 0 saturated heterocycles. The number of thiophene rings is 1. The lowest BCUT2D eigenvalue weighted by atomic mass is 9.96. The van der Waals surface area contributed by atoms with Gasteiger partial charge in [0.15, 0.2) is 0 Å². The van der Waals surface area contributed by atoms with Crippen LogP contribution in [0.1, 0.15) is 41.6 Å². The molecule has 0 atom stereocenters. The summed E-state index contributed by atoms with van der Waals surface area (Å²) < 4.78 is 5.18. The number of hydrogen-bond acceptors (Lipinski definition) is 4. The molecule has 2 aromatic rings. The molecule has 1 heterocycles. The highest BCUT2D eigenvalue weighted by Gasteiger charge is 2.23. The number of nitrogens with one attached hydrogen (secondary N) is 2. The average molecular weight is 360 g/mol. The summed E-state index contributed by atoms with van der Waals surface area (Å²) in [4.78, 5) is 25.1. The highest BCUT2D eigenvalue weighted by molar-refractivity contribution is 7.18. The van der Waals surface area contributed by atoms with Crippen molar-refractivity contribution in [1.29, 1.82) is 0 Å². The highest BCUT2D eigenvalue weighted by Crippen LogP contribution is 2.28. The highest BCUT2D eigenvalue weighted by atomic mass is 32.1. The molecule has 0 bridgehead atoms. The van der Waals surface area contributed by atoms with Gasteiger partial charge in [0.25, 0.3) is 5.91 Å². The Bertz CT molecular complexity index is 775. The number of benzene rings is 1. The van der Waals surface area contributed by atoms with E-state index in [2.05, 4.69) is 10.6 Å². The van der Waals surface area contributed by atoms with Gasteiger partial charge in [0.2, 0.25) is 5.91 Å². The van der Waals surface area contributed by atoms with Crippen LogP contribution in [0.25, 0.3) is 0 Å². The predicted octanol–water partition coefficient (Wildman–Crippen LogP) is 3.98. The Balaban J connectivity index is 2.03. The number of aryl methyl sites for hydroxylation is 1. The Labute approximate surface area is 152 Å². The first-order chi connectivity index (χ1) is 11.7. The van der Waals surface area contributed by atoms with Crippen molar-refractivity contribution in [2.75, 3.05) is 12.4 Å². The molecule has 2 amide bonds. The predicted molar refractivity (Wildman–Crippen MR) is 101 cm³/mol. The zero-order chi connectivity index (χ0) is 18.6. The average Bonchev–Trinajstić information content (AvgIpc) is 2.92. The van der Waals surface area contributed by atoms with Crippen LogP contribution in [0, 0.1) is 12.3 Å². The lowest BCUT2D eigenvalue weighted by Crippen LogP contribution is -2.27. The summed E-state index contributed by atoms with van der Waals surface area (Å²) in [5, 5.41) is 6.46. The molecule has 6 heteroatoms. The Kier molecular flexibility index (Phi) is 5.85. The molecular formula is C19H24N2O3S. The molecule has 1 aromatic heterocycles. The summed E-state index contributed by atoms with van der Waals surface area (Å²) in [5.74, 6) is 0.532.